The van der Waals surface area contributed by atoms with Crippen molar-refractivity contribution in [1.29, 1.82) is 0 Å². The van der Waals surface area contributed by atoms with Crippen LogP contribution < -0.4 is 27.3 Å². The zero-order valence-corrected chi connectivity index (χ0v) is 17.5. The number of benzene rings is 1. The van der Waals surface area contributed by atoms with E-state index in [0.717, 1.165) is 58.2 Å². The van der Waals surface area contributed by atoms with E-state index >= 15 is 0 Å². The number of aromatic nitrogens is 5. The zero-order chi connectivity index (χ0) is 22.1. The number of nitrogens with two attached hydrogens (primary N) is 1. The van der Waals surface area contributed by atoms with E-state index in [9.17, 15) is 14.4 Å². The zero-order valence-electron chi connectivity index (χ0n) is 17.5. The Balaban J connectivity index is 1.43. The van der Waals surface area contributed by atoms with Crippen LogP contribution in [-0.4, -0.2) is 25.0 Å². The first-order valence-corrected chi connectivity index (χ1v) is 10.9. The maximum absolute atomic E-state index is 12.5. The number of H-pyrrole nitrogens is 2. The summed E-state index contributed by atoms with van der Waals surface area (Å²) in [5.41, 5.74) is 9.19. The minimum Gasteiger partial charge on any atom is -0.437 e. The molecule has 164 valence electrons. The number of rotatable bonds is 4. The SMILES string of the molecule is Cc1cc(-n2nc(N)c(=O)[nH]c2=O)c2c(c1Oc1n[nH]c(=O)c3c1CCC3C1CC1)CC2. The molecule has 10 heteroatoms. The molecule has 0 aliphatic heterocycles. The minimum atomic E-state index is -0.704. The number of nitrogens with one attached hydrogen (secondary N) is 2. The fraction of sp³-hybridized carbons (Fsp3) is 0.409. The Labute approximate surface area is 181 Å². The van der Waals surface area contributed by atoms with Gasteiger partial charge in [-0.2, -0.15) is 4.68 Å². The molecule has 2 aromatic heterocycles. The molecule has 3 aliphatic rings. The standard InChI is InChI=1S/C22H22N6O4/c1-9-8-15(28-22(31)24-20(30)18(23)27-28)12-5-6-13(12)17(9)32-21-14-7-4-11(10-2-3-10)16(14)19(29)25-26-21/h8,10-11H,2-7H2,1H3,(H2,23,27)(H,25,29)(H,24,30,31). The number of fused-ring (bicyclic) bond motifs is 2. The van der Waals surface area contributed by atoms with Crippen molar-refractivity contribution in [3.8, 4) is 17.3 Å². The molecule has 3 aromatic rings. The Morgan fingerprint density at radius 2 is 1.84 bits per heavy atom. The third-order valence-electron chi connectivity index (χ3n) is 6.92. The molecule has 10 nitrogen and oxygen atoms in total. The number of nitrogens with zero attached hydrogens (tertiary/aromatic N) is 3. The summed E-state index contributed by atoms with van der Waals surface area (Å²) < 4.78 is 7.44. The molecule has 1 fully saturated rings. The fourth-order valence-electron chi connectivity index (χ4n) is 5.12. The summed E-state index contributed by atoms with van der Waals surface area (Å²) in [5.74, 6) is 1.78. The second kappa shape index (κ2) is 6.65. The maximum Gasteiger partial charge on any atom is 0.349 e. The van der Waals surface area contributed by atoms with Gasteiger partial charge in [0, 0.05) is 16.7 Å². The Morgan fingerprint density at radius 1 is 1.06 bits per heavy atom. The number of hydrogen-bond donors (Lipinski definition) is 3. The number of hydrogen-bond acceptors (Lipinski definition) is 7. The Kier molecular flexibility index (Phi) is 3.96. The normalized spacial score (nSPS) is 18.7. The van der Waals surface area contributed by atoms with E-state index < -0.39 is 11.2 Å². The van der Waals surface area contributed by atoms with Crippen LogP contribution in [0.25, 0.3) is 5.69 Å². The molecule has 1 aromatic carbocycles. The first-order valence-electron chi connectivity index (χ1n) is 10.9. The van der Waals surface area contributed by atoms with E-state index in [4.69, 9.17) is 10.5 Å². The highest BCUT2D eigenvalue weighted by Gasteiger charge is 2.40. The van der Waals surface area contributed by atoms with Gasteiger partial charge in [0.15, 0.2) is 0 Å². The molecule has 2 heterocycles. The van der Waals surface area contributed by atoms with Crippen LogP contribution >= 0.6 is 0 Å². The predicted molar refractivity (Wildman–Crippen MR) is 116 cm³/mol. The highest BCUT2D eigenvalue weighted by atomic mass is 16.5. The highest BCUT2D eigenvalue weighted by molar-refractivity contribution is 5.61. The lowest BCUT2D eigenvalue weighted by atomic mass is 9.84. The lowest BCUT2D eigenvalue weighted by Crippen LogP contribution is -2.34. The van der Waals surface area contributed by atoms with Crippen LogP contribution in [-0.2, 0) is 19.3 Å². The third kappa shape index (κ3) is 2.75. The maximum atomic E-state index is 12.5. The summed E-state index contributed by atoms with van der Waals surface area (Å²) in [6.07, 6.45) is 5.64. The van der Waals surface area contributed by atoms with Crippen molar-refractivity contribution in [2.45, 2.75) is 51.4 Å². The van der Waals surface area contributed by atoms with Gasteiger partial charge in [-0.25, -0.2) is 9.89 Å². The van der Waals surface area contributed by atoms with Crippen LogP contribution in [0.1, 0.15) is 53.0 Å². The van der Waals surface area contributed by atoms with Crippen LogP contribution in [0, 0.1) is 12.8 Å². The summed E-state index contributed by atoms with van der Waals surface area (Å²) in [6.45, 7) is 1.89. The molecule has 6 rings (SSSR count). The lowest BCUT2D eigenvalue weighted by molar-refractivity contribution is 0.434. The van der Waals surface area contributed by atoms with Crippen molar-refractivity contribution in [3.05, 3.63) is 65.1 Å². The lowest BCUT2D eigenvalue weighted by Gasteiger charge is -2.27. The number of nitrogen functional groups attached to an aromatic ring is 1. The van der Waals surface area contributed by atoms with E-state index in [2.05, 4.69) is 20.3 Å². The molecule has 1 atom stereocenters. The van der Waals surface area contributed by atoms with Gasteiger partial charge in [0.1, 0.15) is 5.75 Å². The largest absolute Gasteiger partial charge is 0.437 e. The second-order valence-corrected chi connectivity index (χ2v) is 8.89. The van der Waals surface area contributed by atoms with Crippen LogP contribution in [0.2, 0.25) is 0 Å². The monoisotopic (exact) mass is 434 g/mol. The first-order chi connectivity index (χ1) is 15.4. The van der Waals surface area contributed by atoms with Gasteiger partial charge in [-0.1, -0.05) is 0 Å². The number of aryl methyl sites for hydroxylation is 1. The van der Waals surface area contributed by atoms with E-state index in [-0.39, 0.29) is 11.4 Å². The number of ether oxygens (including phenoxy) is 1. The van der Waals surface area contributed by atoms with Crippen LogP contribution in [0.5, 0.6) is 11.6 Å². The van der Waals surface area contributed by atoms with Crippen LogP contribution in [0.15, 0.2) is 20.4 Å². The van der Waals surface area contributed by atoms with Crippen LogP contribution in [0.3, 0.4) is 0 Å². The average Bonchev–Trinajstić information content (AvgIpc) is 3.47. The first kappa shape index (κ1) is 19.0. The summed E-state index contributed by atoms with van der Waals surface area (Å²) in [5, 5.41) is 10.8. The molecule has 0 radical (unpaired) electrons. The van der Waals surface area contributed by atoms with Gasteiger partial charge in [0.2, 0.25) is 11.7 Å². The molecule has 4 N–H and O–H groups in total. The summed E-state index contributed by atoms with van der Waals surface area (Å²) >= 11 is 0. The van der Waals surface area contributed by atoms with E-state index in [1.54, 1.807) is 6.07 Å². The molecule has 0 saturated heterocycles. The van der Waals surface area contributed by atoms with Crippen molar-refractivity contribution in [3.63, 3.8) is 0 Å². The molecule has 1 saturated carbocycles. The second-order valence-electron chi connectivity index (χ2n) is 8.89. The molecule has 32 heavy (non-hydrogen) atoms. The van der Waals surface area contributed by atoms with Gasteiger partial charge in [0.25, 0.3) is 11.1 Å². The van der Waals surface area contributed by atoms with Gasteiger partial charge >= 0.3 is 5.69 Å². The van der Waals surface area contributed by atoms with Crippen molar-refractivity contribution in [2.75, 3.05) is 5.73 Å². The molecular formula is C22H22N6O4. The van der Waals surface area contributed by atoms with Crippen LogP contribution in [0.4, 0.5) is 5.82 Å². The molecule has 1 unspecified atom stereocenters. The Morgan fingerprint density at radius 3 is 2.56 bits per heavy atom. The highest BCUT2D eigenvalue weighted by Crippen LogP contribution is 2.50. The van der Waals surface area contributed by atoms with Crippen molar-refractivity contribution >= 4 is 5.82 Å². The molecule has 0 bridgehead atoms. The summed E-state index contributed by atoms with van der Waals surface area (Å²) in [7, 11) is 0. The summed E-state index contributed by atoms with van der Waals surface area (Å²) in [4.78, 5) is 38.6. The Hall–Kier alpha value is -3.69. The molecule has 0 spiro atoms. The van der Waals surface area contributed by atoms with Crippen molar-refractivity contribution in [1.82, 2.24) is 25.0 Å². The predicted octanol–water partition coefficient (Wildman–Crippen LogP) is 1.23. The van der Waals surface area contributed by atoms with Crippen molar-refractivity contribution in [2.24, 2.45) is 5.92 Å². The number of aromatic amines is 2. The van der Waals surface area contributed by atoms with Crippen molar-refractivity contribution < 1.29 is 4.74 Å². The fourth-order valence-corrected chi connectivity index (χ4v) is 5.12. The van der Waals surface area contributed by atoms with Gasteiger partial charge in [-0.05, 0) is 74.5 Å². The van der Waals surface area contributed by atoms with E-state index in [0.29, 0.717) is 29.2 Å². The number of anilines is 1. The van der Waals surface area contributed by atoms with E-state index in [1.165, 1.54) is 12.8 Å². The smallest absolute Gasteiger partial charge is 0.349 e. The van der Waals surface area contributed by atoms with Gasteiger partial charge < -0.3 is 10.5 Å². The van der Waals surface area contributed by atoms with Gasteiger partial charge in [-0.3, -0.25) is 14.6 Å². The summed E-state index contributed by atoms with van der Waals surface area (Å²) in [6, 6.07) is 1.80. The Bertz CT molecular complexity index is 1460. The average molecular weight is 434 g/mol. The topological polar surface area (TPSA) is 149 Å². The van der Waals surface area contributed by atoms with Gasteiger partial charge in [-0.15, -0.1) is 10.2 Å². The molecular weight excluding hydrogens is 412 g/mol. The van der Waals surface area contributed by atoms with Gasteiger partial charge in [0.05, 0.1) is 5.69 Å². The van der Waals surface area contributed by atoms with E-state index in [1.807, 2.05) is 6.92 Å². The minimum absolute atomic E-state index is 0.108. The quantitative estimate of drug-likeness (QED) is 0.559. The molecule has 0 amide bonds. The molecule has 3 aliphatic carbocycles. The third-order valence-corrected chi connectivity index (χ3v) is 6.92.